The summed E-state index contributed by atoms with van der Waals surface area (Å²) in [6.45, 7) is 2.47. The second-order valence-corrected chi connectivity index (χ2v) is 7.24. The van der Waals surface area contributed by atoms with Gasteiger partial charge < -0.3 is 4.74 Å². The van der Waals surface area contributed by atoms with Crippen LogP contribution in [-0.2, 0) is 0 Å². The standard InChI is InChI=1S/C21H17FN4O3S/c1-2-29-17-9-7-16(8-10-17)25-11-12-26-19(20(25)28)23-24-21(26)30-13-18(27)14-3-5-15(22)6-4-14/h3-12H,2,13H2,1H3. The highest BCUT2D eigenvalue weighted by molar-refractivity contribution is 7.99. The van der Waals surface area contributed by atoms with Gasteiger partial charge in [0.1, 0.15) is 11.6 Å². The van der Waals surface area contributed by atoms with Crippen LogP contribution in [0.25, 0.3) is 11.3 Å². The monoisotopic (exact) mass is 424 g/mol. The van der Waals surface area contributed by atoms with E-state index in [4.69, 9.17) is 4.74 Å². The highest BCUT2D eigenvalue weighted by Crippen LogP contribution is 2.19. The first kappa shape index (κ1) is 19.8. The highest BCUT2D eigenvalue weighted by Gasteiger charge is 2.14. The molecule has 4 rings (SSSR count). The molecule has 9 heteroatoms. The lowest BCUT2D eigenvalue weighted by atomic mass is 10.1. The van der Waals surface area contributed by atoms with Gasteiger partial charge in [-0.15, -0.1) is 10.2 Å². The van der Waals surface area contributed by atoms with Gasteiger partial charge in [-0.3, -0.25) is 18.6 Å². The van der Waals surface area contributed by atoms with Gasteiger partial charge in [0.25, 0.3) is 0 Å². The maximum absolute atomic E-state index is 13.0. The van der Waals surface area contributed by atoms with Gasteiger partial charge >= 0.3 is 5.56 Å². The van der Waals surface area contributed by atoms with Crippen LogP contribution in [0, 0.1) is 5.82 Å². The zero-order chi connectivity index (χ0) is 21.1. The minimum atomic E-state index is -0.397. The van der Waals surface area contributed by atoms with Crippen molar-refractivity contribution in [2.75, 3.05) is 12.4 Å². The Hall–Kier alpha value is -3.46. The Bertz CT molecular complexity index is 1250. The number of benzene rings is 2. The van der Waals surface area contributed by atoms with Gasteiger partial charge in [-0.2, -0.15) is 0 Å². The summed E-state index contributed by atoms with van der Waals surface area (Å²) < 4.78 is 21.4. The number of ether oxygens (including phenoxy) is 1. The molecule has 0 aliphatic heterocycles. The maximum Gasteiger partial charge on any atom is 0.300 e. The molecular formula is C21H17FN4O3S. The van der Waals surface area contributed by atoms with Gasteiger partial charge in [-0.05, 0) is 55.5 Å². The van der Waals surface area contributed by atoms with Crippen molar-refractivity contribution in [1.29, 1.82) is 0 Å². The zero-order valence-corrected chi connectivity index (χ0v) is 16.8. The Morgan fingerprint density at radius 1 is 1.07 bits per heavy atom. The Morgan fingerprint density at radius 2 is 1.80 bits per heavy atom. The second kappa shape index (κ2) is 8.50. The smallest absolute Gasteiger partial charge is 0.300 e. The SMILES string of the molecule is CCOc1ccc(-n2ccn3c(SCC(=O)c4ccc(F)cc4)nnc3c2=O)cc1. The molecule has 0 N–H and O–H groups in total. The van der Waals surface area contributed by atoms with Crippen molar-refractivity contribution in [3.8, 4) is 11.4 Å². The molecule has 0 saturated heterocycles. The van der Waals surface area contributed by atoms with Crippen LogP contribution in [0.5, 0.6) is 5.75 Å². The van der Waals surface area contributed by atoms with E-state index < -0.39 is 5.82 Å². The minimum Gasteiger partial charge on any atom is -0.494 e. The van der Waals surface area contributed by atoms with E-state index in [-0.39, 0.29) is 22.7 Å². The number of thioether (sulfide) groups is 1. The van der Waals surface area contributed by atoms with Crippen LogP contribution < -0.4 is 10.3 Å². The summed E-state index contributed by atoms with van der Waals surface area (Å²) in [5.41, 5.74) is 0.916. The molecule has 0 bridgehead atoms. The lowest BCUT2D eigenvalue weighted by Crippen LogP contribution is -2.20. The van der Waals surface area contributed by atoms with Gasteiger partial charge in [-0.25, -0.2) is 4.39 Å². The number of carbonyl (C=O) groups is 1. The van der Waals surface area contributed by atoms with E-state index in [9.17, 15) is 14.0 Å². The number of hydrogen-bond acceptors (Lipinski definition) is 6. The summed E-state index contributed by atoms with van der Waals surface area (Å²) in [5, 5.41) is 8.45. The van der Waals surface area contributed by atoms with Crippen molar-refractivity contribution in [3.05, 3.63) is 82.7 Å². The Balaban J connectivity index is 1.55. The quantitative estimate of drug-likeness (QED) is 0.334. The minimum absolute atomic E-state index is 0.0917. The maximum atomic E-state index is 13.0. The van der Waals surface area contributed by atoms with E-state index in [2.05, 4.69) is 10.2 Å². The largest absolute Gasteiger partial charge is 0.494 e. The number of hydrogen-bond donors (Lipinski definition) is 0. The molecule has 0 amide bonds. The first-order valence-corrected chi connectivity index (χ1v) is 10.2. The van der Waals surface area contributed by atoms with Gasteiger partial charge in [0, 0.05) is 23.6 Å². The van der Waals surface area contributed by atoms with E-state index in [0.717, 1.165) is 17.5 Å². The average Bonchev–Trinajstić information content (AvgIpc) is 3.18. The molecule has 2 heterocycles. The number of carbonyl (C=O) groups excluding carboxylic acids is 1. The molecule has 0 aliphatic rings. The van der Waals surface area contributed by atoms with Crippen LogP contribution in [0.4, 0.5) is 4.39 Å². The Labute approximate surface area is 175 Å². The predicted molar refractivity (Wildman–Crippen MR) is 111 cm³/mol. The molecular weight excluding hydrogens is 407 g/mol. The molecule has 4 aromatic rings. The number of aromatic nitrogens is 4. The van der Waals surface area contributed by atoms with Gasteiger partial charge in [0.15, 0.2) is 10.9 Å². The van der Waals surface area contributed by atoms with E-state index in [1.54, 1.807) is 41.1 Å². The number of fused-ring (bicyclic) bond motifs is 1. The predicted octanol–water partition coefficient (Wildman–Crippen LogP) is 3.39. The Kier molecular flexibility index (Phi) is 5.62. The van der Waals surface area contributed by atoms with E-state index in [0.29, 0.717) is 23.0 Å². The van der Waals surface area contributed by atoms with Crippen molar-refractivity contribution in [2.24, 2.45) is 0 Å². The summed E-state index contributed by atoms with van der Waals surface area (Å²) in [4.78, 5) is 25.1. The van der Waals surface area contributed by atoms with Crippen molar-refractivity contribution in [1.82, 2.24) is 19.2 Å². The summed E-state index contributed by atoms with van der Waals surface area (Å²) in [7, 11) is 0. The van der Waals surface area contributed by atoms with Crippen LogP contribution in [0.1, 0.15) is 17.3 Å². The number of nitrogens with zero attached hydrogens (tertiary/aromatic N) is 4. The summed E-state index contributed by atoms with van der Waals surface area (Å²) in [6.07, 6.45) is 3.30. The second-order valence-electron chi connectivity index (χ2n) is 6.30. The number of ketones is 1. The lowest BCUT2D eigenvalue weighted by Gasteiger charge is -2.08. The Morgan fingerprint density at radius 3 is 2.50 bits per heavy atom. The molecule has 0 spiro atoms. The van der Waals surface area contributed by atoms with Crippen LogP contribution >= 0.6 is 11.8 Å². The van der Waals surface area contributed by atoms with E-state index in [1.165, 1.54) is 28.8 Å². The first-order chi connectivity index (χ1) is 14.6. The third kappa shape index (κ3) is 3.97. The molecule has 2 aromatic heterocycles. The number of rotatable bonds is 7. The van der Waals surface area contributed by atoms with Crippen molar-refractivity contribution >= 4 is 23.2 Å². The molecule has 0 aliphatic carbocycles. The molecule has 0 saturated carbocycles. The van der Waals surface area contributed by atoms with Crippen LogP contribution in [0.3, 0.4) is 0 Å². The summed E-state index contributed by atoms with van der Waals surface area (Å²) >= 11 is 1.16. The topological polar surface area (TPSA) is 78.5 Å². The van der Waals surface area contributed by atoms with E-state index >= 15 is 0 Å². The molecule has 0 unspecified atom stereocenters. The number of halogens is 1. The lowest BCUT2D eigenvalue weighted by molar-refractivity contribution is 0.102. The fourth-order valence-corrected chi connectivity index (χ4v) is 3.70. The summed E-state index contributed by atoms with van der Waals surface area (Å²) in [6, 6.07) is 12.5. The molecule has 152 valence electrons. The molecule has 0 fully saturated rings. The molecule has 7 nitrogen and oxygen atoms in total. The van der Waals surface area contributed by atoms with Crippen LogP contribution in [-0.4, -0.2) is 37.3 Å². The normalized spacial score (nSPS) is 11.0. The van der Waals surface area contributed by atoms with E-state index in [1.807, 2.05) is 6.92 Å². The fraction of sp³-hybridized carbons (Fsp3) is 0.143. The fourth-order valence-electron chi connectivity index (χ4n) is 2.89. The van der Waals surface area contributed by atoms with Crippen molar-refractivity contribution in [2.45, 2.75) is 12.1 Å². The highest BCUT2D eigenvalue weighted by atomic mass is 32.2. The molecule has 2 aromatic carbocycles. The van der Waals surface area contributed by atoms with Crippen LogP contribution in [0.15, 0.2) is 70.9 Å². The summed E-state index contributed by atoms with van der Waals surface area (Å²) in [5.74, 6) is 0.252. The van der Waals surface area contributed by atoms with Gasteiger partial charge in [-0.1, -0.05) is 11.8 Å². The zero-order valence-electron chi connectivity index (χ0n) is 16.0. The van der Waals surface area contributed by atoms with Crippen molar-refractivity contribution < 1.29 is 13.9 Å². The molecule has 0 radical (unpaired) electrons. The number of Topliss-reactive ketones (excluding diaryl/α,β-unsaturated/α-hetero) is 1. The molecule has 0 atom stereocenters. The third-order valence-electron chi connectivity index (χ3n) is 4.36. The average molecular weight is 424 g/mol. The van der Waals surface area contributed by atoms with Crippen LogP contribution in [0.2, 0.25) is 0 Å². The van der Waals surface area contributed by atoms with Crippen molar-refractivity contribution in [3.63, 3.8) is 0 Å². The first-order valence-electron chi connectivity index (χ1n) is 9.18. The van der Waals surface area contributed by atoms with Gasteiger partial charge in [0.05, 0.1) is 12.4 Å². The molecule has 30 heavy (non-hydrogen) atoms. The third-order valence-corrected chi connectivity index (χ3v) is 5.31. The van der Waals surface area contributed by atoms with Gasteiger partial charge in [0.2, 0.25) is 5.65 Å².